The van der Waals surface area contributed by atoms with Crippen molar-refractivity contribution in [2.75, 3.05) is 13.1 Å². The number of hydrogen-bond acceptors (Lipinski definition) is 8. The predicted octanol–water partition coefficient (Wildman–Crippen LogP) is 1.83. The average molecular weight is 367 g/mol. The SMILES string of the molecule is CC(=O)OC1[C@H](N2CCCN=C2NC#N)c2cc(C#N)ccc2OC1(C)C. The lowest BCUT2D eigenvalue weighted by Crippen LogP contribution is -2.58. The van der Waals surface area contributed by atoms with Gasteiger partial charge in [-0.1, -0.05) is 0 Å². The first kappa shape index (κ1) is 18.5. The Bertz CT molecular complexity index is 865. The molecule has 27 heavy (non-hydrogen) atoms. The highest BCUT2D eigenvalue weighted by Crippen LogP contribution is 2.45. The molecule has 1 aromatic carbocycles. The summed E-state index contributed by atoms with van der Waals surface area (Å²) in [6.07, 6.45) is 2.06. The fraction of sp³-hybridized carbons (Fsp3) is 0.474. The molecule has 0 fully saturated rings. The molecule has 1 N–H and O–H groups in total. The van der Waals surface area contributed by atoms with E-state index in [9.17, 15) is 10.1 Å². The number of hydrogen-bond donors (Lipinski definition) is 1. The first-order valence-corrected chi connectivity index (χ1v) is 8.74. The maximum atomic E-state index is 11.8. The van der Waals surface area contributed by atoms with E-state index >= 15 is 0 Å². The highest BCUT2D eigenvalue weighted by atomic mass is 16.6. The number of nitriles is 2. The van der Waals surface area contributed by atoms with Gasteiger partial charge in [-0.05, 0) is 38.5 Å². The number of benzene rings is 1. The minimum absolute atomic E-state index is 0.426. The van der Waals surface area contributed by atoms with Gasteiger partial charge in [-0.15, -0.1) is 0 Å². The van der Waals surface area contributed by atoms with Crippen LogP contribution in [0, 0.1) is 22.8 Å². The number of guanidine groups is 1. The van der Waals surface area contributed by atoms with Crippen molar-refractivity contribution in [1.29, 1.82) is 10.5 Å². The summed E-state index contributed by atoms with van der Waals surface area (Å²) < 4.78 is 11.8. The Morgan fingerprint density at radius 1 is 1.44 bits per heavy atom. The van der Waals surface area contributed by atoms with Crippen LogP contribution in [0.3, 0.4) is 0 Å². The lowest BCUT2D eigenvalue weighted by atomic mass is 9.84. The topological polar surface area (TPSA) is 111 Å². The molecule has 2 atom stereocenters. The van der Waals surface area contributed by atoms with E-state index in [0.717, 1.165) is 12.0 Å². The van der Waals surface area contributed by atoms with Gasteiger partial charge in [0.05, 0.1) is 11.6 Å². The number of ether oxygens (including phenoxy) is 2. The van der Waals surface area contributed by atoms with E-state index in [0.29, 0.717) is 30.4 Å². The molecule has 0 saturated carbocycles. The maximum Gasteiger partial charge on any atom is 0.303 e. The van der Waals surface area contributed by atoms with E-state index in [4.69, 9.17) is 14.7 Å². The van der Waals surface area contributed by atoms with Crippen molar-refractivity contribution < 1.29 is 14.3 Å². The molecule has 2 heterocycles. The summed E-state index contributed by atoms with van der Waals surface area (Å²) in [5.41, 5.74) is 0.397. The second-order valence-electron chi connectivity index (χ2n) is 7.03. The quantitative estimate of drug-likeness (QED) is 0.482. The predicted molar refractivity (Wildman–Crippen MR) is 96.5 cm³/mol. The molecule has 2 aliphatic heterocycles. The molecule has 0 aromatic heterocycles. The van der Waals surface area contributed by atoms with Crippen LogP contribution >= 0.6 is 0 Å². The van der Waals surface area contributed by atoms with Crippen LogP contribution in [0.1, 0.15) is 44.4 Å². The monoisotopic (exact) mass is 367 g/mol. The highest BCUT2D eigenvalue weighted by molar-refractivity contribution is 5.82. The third kappa shape index (κ3) is 3.52. The van der Waals surface area contributed by atoms with E-state index in [-0.39, 0.29) is 0 Å². The highest BCUT2D eigenvalue weighted by Gasteiger charge is 2.49. The minimum Gasteiger partial charge on any atom is -0.484 e. The molecule has 8 heteroatoms. The van der Waals surface area contributed by atoms with Crippen LogP contribution in [0.25, 0.3) is 0 Å². The Kier molecular flexibility index (Phi) is 4.91. The number of aliphatic imine (C=N–C) groups is 1. The van der Waals surface area contributed by atoms with Gasteiger partial charge in [-0.3, -0.25) is 15.1 Å². The normalized spacial score (nSPS) is 23.0. The Morgan fingerprint density at radius 2 is 2.22 bits per heavy atom. The molecule has 1 unspecified atom stereocenters. The van der Waals surface area contributed by atoms with Crippen LogP contribution in [0.2, 0.25) is 0 Å². The summed E-state index contributed by atoms with van der Waals surface area (Å²) in [5, 5.41) is 21.0. The fourth-order valence-corrected chi connectivity index (χ4v) is 3.60. The number of carbonyl (C=O) groups is 1. The lowest BCUT2D eigenvalue weighted by molar-refractivity contribution is -0.166. The largest absolute Gasteiger partial charge is 0.484 e. The smallest absolute Gasteiger partial charge is 0.303 e. The Hall–Kier alpha value is -3.26. The molecule has 3 rings (SSSR count). The summed E-state index contributed by atoms with van der Waals surface area (Å²) >= 11 is 0. The van der Waals surface area contributed by atoms with Crippen LogP contribution in [0.5, 0.6) is 5.75 Å². The molecule has 0 radical (unpaired) electrons. The fourth-order valence-electron chi connectivity index (χ4n) is 3.60. The van der Waals surface area contributed by atoms with Gasteiger partial charge in [0.1, 0.15) is 17.4 Å². The number of nitrogens with one attached hydrogen (secondary N) is 1. The van der Waals surface area contributed by atoms with Crippen molar-refractivity contribution in [2.45, 2.75) is 44.9 Å². The van der Waals surface area contributed by atoms with Crippen LogP contribution in [0.4, 0.5) is 0 Å². The van der Waals surface area contributed by atoms with Crippen LogP contribution in [-0.4, -0.2) is 41.6 Å². The van der Waals surface area contributed by atoms with E-state index in [1.807, 2.05) is 24.9 Å². The molecular weight excluding hydrogens is 346 g/mol. The van der Waals surface area contributed by atoms with Crippen LogP contribution < -0.4 is 10.1 Å². The zero-order valence-corrected chi connectivity index (χ0v) is 15.5. The van der Waals surface area contributed by atoms with Crippen molar-refractivity contribution in [3.63, 3.8) is 0 Å². The van der Waals surface area contributed by atoms with Gasteiger partial charge < -0.3 is 14.4 Å². The van der Waals surface area contributed by atoms with Gasteiger partial charge >= 0.3 is 5.97 Å². The van der Waals surface area contributed by atoms with Gasteiger partial charge in [0, 0.05) is 25.6 Å². The first-order valence-electron chi connectivity index (χ1n) is 8.74. The van der Waals surface area contributed by atoms with E-state index < -0.39 is 23.7 Å². The second kappa shape index (κ2) is 7.16. The molecule has 0 amide bonds. The van der Waals surface area contributed by atoms with Crippen molar-refractivity contribution in [3.05, 3.63) is 29.3 Å². The number of nitrogens with zero attached hydrogens (tertiary/aromatic N) is 4. The van der Waals surface area contributed by atoms with Crippen molar-refractivity contribution in [1.82, 2.24) is 10.2 Å². The molecule has 2 aliphatic rings. The Morgan fingerprint density at radius 3 is 2.89 bits per heavy atom. The van der Waals surface area contributed by atoms with Crippen LogP contribution in [-0.2, 0) is 9.53 Å². The van der Waals surface area contributed by atoms with Gasteiger partial charge in [-0.2, -0.15) is 10.5 Å². The Balaban J connectivity index is 2.17. The van der Waals surface area contributed by atoms with Crippen molar-refractivity contribution in [2.24, 2.45) is 4.99 Å². The summed E-state index contributed by atoms with van der Waals surface area (Å²) in [7, 11) is 0. The van der Waals surface area contributed by atoms with Crippen molar-refractivity contribution in [3.8, 4) is 18.0 Å². The van der Waals surface area contributed by atoms with Crippen molar-refractivity contribution >= 4 is 11.9 Å². The van der Waals surface area contributed by atoms with Gasteiger partial charge in [0.25, 0.3) is 0 Å². The van der Waals surface area contributed by atoms with E-state index in [1.165, 1.54) is 6.92 Å². The molecule has 0 aliphatic carbocycles. The zero-order chi connectivity index (χ0) is 19.6. The molecule has 140 valence electrons. The molecule has 0 bridgehead atoms. The summed E-state index contributed by atoms with van der Waals surface area (Å²) in [6, 6.07) is 6.88. The van der Waals surface area contributed by atoms with Crippen LogP contribution in [0.15, 0.2) is 23.2 Å². The first-order chi connectivity index (χ1) is 12.9. The zero-order valence-electron chi connectivity index (χ0n) is 15.5. The third-order valence-corrected chi connectivity index (χ3v) is 4.69. The number of esters is 1. The Labute approximate surface area is 158 Å². The van der Waals surface area contributed by atoms with E-state index in [2.05, 4.69) is 16.4 Å². The second-order valence-corrected chi connectivity index (χ2v) is 7.03. The molecule has 0 spiro atoms. The van der Waals surface area contributed by atoms with E-state index in [1.54, 1.807) is 18.2 Å². The van der Waals surface area contributed by atoms with Gasteiger partial charge in [0.2, 0.25) is 5.96 Å². The molecule has 8 nitrogen and oxygen atoms in total. The molecular formula is C19H21N5O3. The summed E-state index contributed by atoms with van der Waals surface area (Å²) in [4.78, 5) is 18.2. The average Bonchev–Trinajstić information content (AvgIpc) is 2.62. The lowest BCUT2D eigenvalue weighted by Gasteiger charge is -2.48. The minimum atomic E-state index is -0.813. The summed E-state index contributed by atoms with van der Waals surface area (Å²) in [6.45, 7) is 6.30. The maximum absolute atomic E-state index is 11.8. The summed E-state index contributed by atoms with van der Waals surface area (Å²) in [5.74, 6) is 0.622. The van der Waals surface area contributed by atoms with Gasteiger partial charge in [0.15, 0.2) is 12.3 Å². The molecule has 0 saturated heterocycles. The third-order valence-electron chi connectivity index (χ3n) is 4.69. The standard InChI is InChI=1S/C19H21N5O3/c1-12(25)26-17-16(24-8-4-7-22-18(24)23-11-21)14-9-13(10-20)5-6-15(14)27-19(17,2)3/h5-6,9,16-17H,4,7-8H2,1-3H3,(H,22,23)/t16-,17?/m1/s1. The van der Waals surface area contributed by atoms with Gasteiger partial charge in [-0.25, -0.2) is 0 Å². The number of carbonyl (C=O) groups excluding carboxylic acids is 1. The molecule has 1 aromatic rings. The number of fused-ring (bicyclic) bond motifs is 1. The number of rotatable bonds is 2.